The van der Waals surface area contributed by atoms with E-state index in [9.17, 15) is 14.0 Å². The maximum atomic E-state index is 13.2. The van der Waals surface area contributed by atoms with Gasteiger partial charge in [0.15, 0.2) is 0 Å². The third kappa shape index (κ3) is 4.53. The van der Waals surface area contributed by atoms with Crippen molar-refractivity contribution in [2.45, 2.75) is 12.3 Å². The zero-order chi connectivity index (χ0) is 17.7. The minimum atomic E-state index is -0.967. The predicted molar refractivity (Wildman–Crippen MR) is 89.9 cm³/mol. The molecule has 5 nitrogen and oxygen atoms in total. The van der Waals surface area contributed by atoms with Gasteiger partial charge < -0.3 is 16.2 Å². The highest BCUT2D eigenvalue weighted by Crippen LogP contribution is 2.28. The number of nitrogens with two attached hydrogens (primary N) is 1. The normalized spacial score (nSPS) is 11.8. The number of nitrogens with one attached hydrogen (secondary N) is 1. The molecule has 0 bridgehead atoms. The molecule has 2 aromatic carbocycles. The number of amides is 1. The van der Waals surface area contributed by atoms with Gasteiger partial charge in [0.25, 0.3) is 5.91 Å². The second kappa shape index (κ2) is 7.90. The number of carboxylic acids is 1. The summed E-state index contributed by atoms with van der Waals surface area (Å²) in [5, 5.41) is 11.8. The molecule has 0 aliphatic rings. The Labute approximate surface area is 143 Å². The first kappa shape index (κ1) is 17.9. The Morgan fingerprint density at radius 2 is 2.00 bits per heavy atom. The van der Waals surface area contributed by atoms with Crippen LogP contribution in [-0.4, -0.2) is 23.5 Å². The van der Waals surface area contributed by atoms with Crippen LogP contribution < -0.4 is 11.1 Å². The van der Waals surface area contributed by atoms with Gasteiger partial charge in [-0.2, -0.15) is 0 Å². The number of anilines is 1. The van der Waals surface area contributed by atoms with Gasteiger partial charge in [0.1, 0.15) is 5.82 Å². The number of carbonyl (C=O) groups is 2. The van der Waals surface area contributed by atoms with Crippen molar-refractivity contribution in [3.8, 4) is 0 Å². The largest absolute Gasteiger partial charge is 0.481 e. The molecule has 7 heteroatoms. The van der Waals surface area contributed by atoms with Gasteiger partial charge in [-0.1, -0.05) is 23.7 Å². The van der Waals surface area contributed by atoms with Gasteiger partial charge >= 0.3 is 5.97 Å². The highest BCUT2D eigenvalue weighted by Gasteiger charge is 2.16. The van der Waals surface area contributed by atoms with Crippen molar-refractivity contribution in [1.29, 1.82) is 0 Å². The van der Waals surface area contributed by atoms with Crippen molar-refractivity contribution >= 4 is 29.2 Å². The molecular formula is C17H16ClFN2O3. The average molecular weight is 351 g/mol. The van der Waals surface area contributed by atoms with E-state index in [4.69, 9.17) is 22.4 Å². The topological polar surface area (TPSA) is 92.4 Å². The predicted octanol–water partition coefficient (Wildman–Crippen LogP) is 3.25. The van der Waals surface area contributed by atoms with Crippen molar-refractivity contribution in [1.82, 2.24) is 0 Å². The Morgan fingerprint density at radius 1 is 1.25 bits per heavy atom. The molecule has 126 valence electrons. The first-order valence-corrected chi connectivity index (χ1v) is 7.56. The minimum Gasteiger partial charge on any atom is -0.481 e. The summed E-state index contributed by atoms with van der Waals surface area (Å²) >= 11 is 6.08. The molecule has 0 saturated heterocycles. The molecule has 4 N–H and O–H groups in total. The summed E-state index contributed by atoms with van der Waals surface area (Å²) in [6.45, 7) is 0.144. The van der Waals surface area contributed by atoms with Crippen LogP contribution in [0.4, 0.5) is 10.1 Å². The minimum absolute atomic E-state index is 0.130. The number of halogens is 2. The highest BCUT2D eigenvalue weighted by atomic mass is 35.5. The van der Waals surface area contributed by atoms with Crippen molar-refractivity contribution < 1.29 is 19.1 Å². The summed E-state index contributed by atoms with van der Waals surface area (Å²) in [4.78, 5) is 23.1. The Kier molecular flexibility index (Phi) is 5.89. The van der Waals surface area contributed by atoms with E-state index in [1.54, 1.807) is 18.2 Å². The number of carbonyl (C=O) groups excluding carboxylic acids is 1. The molecule has 2 aromatic rings. The quantitative estimate of drug-likeness (QED) is 0.745. The number of hydrogen-bond acceptors (Lipinski definition) is 3. The van der Waals surface area contributed by atoms with E-state index in [1.165, 1.54) is 18.2 Å². The summed E-state index contributed by atoms with van der Waals surface area (Å²) in [5.74, 6) is -2.40. The van der Waals surface area contributed by atoms with E-state index in [0.29, 0.717) is 11.3 Å². The summed E-state index contributed by atoms with van der Waals surface area (Å²) in [7, 11) is 0. The summed E-state index contributed by atoms with van der Waals surface area (Å²) < 4.78 is 13.2. The maximum absolute atomic E-state index is 13.2. The van der Waals surface area contributed by atoms with Crippen LogP contribution >= 0.6 is 11.6 Å². The third-order valence-corrected chi connectivity index (χ3v) is 3.83. The van der Waals surface area contributed by atoms with Crippen molar-refractivity contribution in [3.05, 3.63) is 64.4 Å². The third-order valence-electron chi connectivity index (χ3n) is 3.50. The van der Waals surface area contributed by atoms with Crippen LogP contribution in [0.5, 0.6) is 0 Å². The number of carboxylic acid groups (broad SMARTS) is 1. The van der Waals surface area contributed by atoms with Crippen LogP contribution in [0.3, 0.4) is 0 Å². The summed E-state index contributed by atoms with van der Waals surface area (Å²) in [5.41, 5.74) is 6.74. The van der Waals surface area contributed by atoms with Gasteiger partial charge in [-0.05, 0) is 42.4 Å². The van der Waals surface area contributed by atoms with Gasteiger partial charge in [0, 0.05) is 11.5 Å². The molecule has 0 saturated carbocycles. The van der Waals surface area contributed by atoms with Crippen molar-refractivity contribution in [2.75, 3.05) is 11.9 Å². The summed E-state index contributed by atoms with van der Waals surface area (Å²) in [6.07, 6.45) is -0.130. The van der Waals surface area contributed by atoms with Crippen LogP contribution in [0.2, 0.25) is 5.02 Å². The van der Waals surface area contributed by atoms with Gasteiger partial charge in [-0.25, -0.2) is 4.39 Å². The van der Waals surface area contributed by atoms with Crippen molar-refractivity contribution in [2.24, 2.45) is 5.73 Å². The monoisotopic (exact) mass is 350 g/mol. The molecule has 0 aromatic heterocycles. The Morgan fingerprint density at radius 3 is 2.62 bits per heavy atom. The lowest BCUT2D eigenvalue weighted by Gasteiger charge is -2.15. The standard InChI is InChI=1S/C17H16ClFN2O3/c18-14-5-4-10(12(9-20)8-16(22)23)7-15(14)21-17(24)11-2-1-3-13(19)6-11/h1-7,12H,8-9,20H2,(H,21,24)(H,22,23)/t12-/m0/s1. The lowest BCUT2D eigenvalue weighted by Crippen LogP contribution is -2.17. The molecule has 0 fully saturated rings. The number of aliphatic carboxylic acids is 1. The van der Waals surface area contributed by atoms with E-state index in [2.05, 4.69) is 5.32 Å². The zero-order valence-electron chi connectivity index (χ0n) is 12.6. The van der Waals surface area contributed by atoms with Crippen LogP contribution in [0.25, 0.3) is 0 Å². The fourth-order valence-corrected chi connectivity index (χ4v) is 2.43. The Bertz CT molecular complexity index is 767. The molecule has 0 aliphatic carbocycles. The molecule has 1 atom stereocenters. The van der Waals surface area contributed by atoms with Crippen LogP contribution in [0, 0.1) is 5.82 Å². The van der Waals surface area contributed by atoms with Crippen LogP contribution in [0.15, 0.2) is 42.5 Å². The molecule has 0 unspecified atom stereocenters. The number of hydrogen-bond donors (Lipinski definition) is 3. The van der Waals surface area contributed by atoms with Gasteiger partial charge in [-0.3, -0.25) is 9.59 Å². The number of benzene rings is 2. The first-order chi connectivity index (χ1) is 11.4. The van der Waals surface area contributed by atoms with E-state index in [0.717, 1.165) is 6.07 Å². The lowest BCUT2D eigenvalue weighted by atomic mass is 9.95. The summed E-state index contributed by atoms with van der Waals surface area (Å²) in [6, 6.07) is 10.1. The number of rotatable bonds is 6. The smallest absolute Gasteiger partial charge is 0.304 e. The fourth-order valence-electron chi connectivity index (χ4n) is 2.26. The van der Waals surface area contributed by atoms with E-state index >= 15 is 0 Å². The van der Waals surface area contributed by atoms with Gasteiger partial charge in [0.05, 0.1) is 17.1 Å². The zero-order valence-corrected chi connectivity index (χ0v) is 13.4. The average Bonchev–Trinajstić information content (AvgIpc) is 2.54. The maximum Gasteiger partial charge on any atom is 0.304 e. The SMILES string of the molecule is NC[C@H](CC(=O)O)c1ccc(Cl)c(NC(=O)c2cccc(F)c2)c1. The van der Waals surface area contributed by atoms with Gasteiger partial charge in [-0.15, -0.1) is 0 Å². The molecule has 0 heterocycles. The Hall–Kier alpha value is -2.44. The van der Waals surface area contributed by atoms with Gasteiger partial charge in [0.2, 0.25) is 0 Å². The first-order valence-electron chi connectivity index (χ1n) is 7.19. The molecular weight excluding hydrogens is 335 g/mol. The van der Waals surface area contributed by atoms with E-state index in [-0.39, 0.29) is 23.6 Å². The molecule has 2 rings (SSSR count). The van der Waals surface area contributed by atoms with E-state index < -0.39 is 23.6 Å². The second-order valence-corrected chi connectivity index (χ2v) is 5.64. The van der Waals surface area contributed by atoms with Crippen molar-refractivity contribution in [3.63, 3.8) is 0 Å². The van der Waals surface area contributed by atoms with Crippen LogP contribution in [-0.2, 0) is 4.79 Å². The molecule has 0 spiro atoms. The lowest BCUT2D eigenvalue weighted by molar-refractivity contribution is -0.137. The highest BCUT2D eigenvalue weighted by molar-refractivity contribution is 6.34. The molecule has 0 aliphatic heterocycles. The van der Waals surface area contributed by atoms with Crippen LogP contribution in [0.1, 0.15) is 28.3 Å². The molecule has 0 radical (unpaired) electrons. The fraction of sp³-hybridized carbons (Fsp3) is 0.176. The second-order valence-electron chi connectivity index (χ2n) is 5.23. The molecule has 24 heavy (non-hydrogen) atoms. The Balaban J connectivity index is 2.25. The van der Waals surface area contributed by atoms with E-state index in [1.807, 2.05) is 0 Å². The molecule has 1 amide bonds.